The Balaban J connectivity index is 1.33. The number of hydrogen-bond donors (Lipinski definition) is 0. The molecular formula is C22H23ClN6O2S. The molecule has 32 heavy (non-hydrogen) atoms. The summed E-state index contributed by atoms with van der Waals surface area (Å²) in [6.07, 6.45) is 5.33. The van der Waals surface area contributed by atoms with Gasteiger partial charge in [0.05, 0.1) is 21.7 Å². The molecule has 8 nitrogen and oxygen atoms in total. The average Bonchev–Trinajstić information content (AvgIpc) is 3.48. The van der Waals surface area contributed by atoms with Crippen LogP contribution in [0.1, 0.15) is 18.5 Å². The molecule has 1 aromatic carbocycles. The number of aromatic nitrogens is 2. The Labute approximate surface area is 192 Å². The first-order chi connectivity index (χ1) is 15.5. The number of nitriles is 1. The number of piperazine rings is 1. The van der Waals surface area contributed by atoms with Crippen LogP contribution in [-0.4, -0.2) is 67.8 Å². The molecule has 166 valence electrons. The highest BCUT2D eigenvalue weighted by Crippen LogP contribution is 2.34. The van der Waals surface area contributed by atoms with Gasteiger partial charge < -0.3 is 14.7 Å². The summed E-state index contributed by atoms with van der Waals surface area (Å²) in [6, 6.07) is 8.78. The fourth-order valence-electron chi connectivity index (χ4n) is 4.64. The second-order valence-corrected chi connectivity index (χ2v) is 10.9. The molecule has 10 heteroatoms. The zero-order chi connectivity index (χ0) is 22.3. The van der Waals surface area contributed by atoms with Gasteiger partial charge in [-0.25, -0.2) is 18.4 Å². The summed E-state index contributed by atoms with van der Waals surface area (Å²) < 4.78 is 26.7. The first-order valence-corrected chi connectivity index (χ1v) is 12.6. The molecule has 0 spiro atoms. The van der Waals surface area contributed by atoms with Crippen LogP contribution in [0, 0.1) is 11.3 Å². The summed E-state index contributed by atoms with van der Waals surface area (Å²) in [5.74, 6) is 0.378. The van der Waals surface area contributed by atoms with Gasteiger partial charge in [0.25, 0.3) is 0 Å². The lowest BCUT2D eigenvalue weighted by Gasteiger charge is -2.37. The molecule has 0 amide bonds. The molecule has 4 heterocycles. The Morgan fingerprint density at radius 2 is 1.94 bits per heavy atom. The molecule has 0 bridgehead atoms. The van der Waals surface area contributed by atoms with Gasteiger partial charge in [0.1, 0.15) is 11.8 Å². The summed E-state index contributed by atoms with van der Waals surface area (Å²) in [7, 11) is -3.62. The van der Waals surface area contributed by atoms with E-state index in [1.807, 2.05) is 12.1 Å². The van der Waals surface area contributed by atoms with Crippen LogP contribution >= 0.6 is 11.6 Å². The van der Waals surface area contributed by atoms with Gasteiger partial charge in [0.15, 0.2) is 9.84 Å². The molecule has 0 saturated carbocycles. The van der Waals surface area contributed by atoms with Crippen LogP contribution < -0.4 is 9.80 Å². The normalized spacial score (nSPS) is 20.8. The van der Waals surface area contributed by atoms with E-state index in [4.69, 9.17) is 16.9 Å². The van der Waals surface area contributed by atoms with Crippen molar-refractivity contribution < 1.29 is 8.42 Å². The number of rotatable bonds is 4. The van der Waals surface area contributed by atoms with Gasteiger partial charge in [0.2, 0.25) is 5.95 Å². The van der Waals surface area contributed by atoms with Crippen molar-refractivity contribution in [2.75, 3.05) is 49.1 Å². The Morgan fingerprint density at radius 3 is 2.75 bits per heavy atom. The minimum absolute atomic E-state index is 0.167. The van der Waals surface area contributed by atoms with Gasteiger partial charge in [-0.3, -0.25) is 0 Å². The molecule has 0 N–H and O–H groups in total. The average molecular weight is 471 g/mol. The third-order valence-corrected chi connectivity index (χ3v) is 9.05. The van der Waals surface area contributed by atoms with Crippen LogP contribution in [-0.2, 0) is 9.84 Å². The lowest BCUT2D eigenvalue weighted by atomic mass is 10.2. The standard InChI is InChI=1S/C22H23ClN6O2S/c23-20-12-17(28-11-10-27-8-1-2-18(27)14-28)3-4-21(20)32(30,31)19-6-9-29(15-19)22-25-7-5-16(13-24)26-22/h2-5,7,12,19H,1,6,8-11,14-15H2. The van der Waals surface area contributed by atoms with E-state index in [2.05, 4.69) is 25.8 Å². The van der Waals surface area contributed by atoms with Crippen LogP contribution in [0.5, 0.6) is 0 Å². The van der Waals surface area contributed by atoms with E-state index in [1.54, 1.807) is 17.0 Å². The summed E-state index contributed by atoms with van der Waals surface area (Å²) in [5, 5.41) is 8.70. The van der Waals surface area contributed by atoms with Crippen LogP contribution in [0.15, 0.2) is 47.1 Å². The molecule has 3 aliphatic rings. The number of fused-ring (bicyclic) bond motifs is 1. The maximum atomic E-state index is 13.4. The van der Waals surface area contributed by atoms with Gasteiger partial charge in [-0.05, 0) is 37.1 Å². The minimum Gasteiger partial charge on any atom is -0.372 e. The SMILES string of the molecule is N#Cc1ccnc(N2CCC(S(=O)(=O)c3ccc(N4CCN5CCC=C5C4)cc3Cl)C2)n1. The molecule has 0 aliphatic carbocycles. The number of benzene rings is 1. The molecule has 2 aromatic rings. The molecule has 0 radical (unpaired) electrons. The second kappa shape index (κ2) is 8.26. The molecule has 5 rings (SSSR count). The van der Waals surface area contributed by atoms with Crippen LogP contribution in [0.3, 0.4) is 0 Å². The highest BCUT2D eigenvalue weighted by molar-refractivity contribution is 7.92. The Morgan fingerprint density at radius 1 is 1.09 bits per heavy atom. The first-order valence-electron chi connectivity index (χ1n) is 10.7. The zero-order valence-corrected chi connectivity index (χ0v) is 19.1. The van der Waals surface area contributed by atoms with Crippen molar-refractivity contribution in [3.05, 3.63) is 53.0 Å². The lowest BCUT2D eigenvalue weighted by molar-refractivity contribution is 0.348. The first kappa shape index (κ1) is 21.0. The predicted molar refractivity (Wildman–Crippen MR) is 122 cm³/mol. The number of nitrogens with zero attached hydrogens (tertiary/aromatic N) is 6. The van der Waals surface area contributed by atoms with E-state index in [1.165, 1.54) is 18.0 Å². The fourth-order valence-corrected chi connectivity index (χ4v) is 6.88. The van der Waals surface area contributed by atoms with Crippen molar-refractivity contribution in [1.29, 1.82) is 5.26 Å². The highest BCUT2D eigenvalue weighted by Gasteiger charge is 2.36. The number of anilines is 2. The van der Waals surface area contributed by atoms with Crippen molar-refractivity contribution in [2.45, 2.75) is 23.0 Å². The van der Waals surface area contributed by atoms with E-state index in [-0.39, 0.29) is 22.2 Å². The van der Waals surface area contributed by atoms with E-state index in [0.717, 1.165) is 38.3 Å². The van der Waals surface area contributed by atoms with Crippen LogP contribution in [0.25, 0.3) is 0 Å². The second-order valence-electron chi connectivity index (χ2n) is 8.26. The van der Waals surface area contributed by atoms with Crippen molar-refractivity contribution in [3.8, 4) is 6.07 Å². The summed E-state index contributed by atoms with van der Waals surface area (Å²) in [6.45, 7) is 4.54. The quantitative estimate of drug-likeness (QED) is 0.672. The van der Waals surface area contributed by atoms with E-state index < -0.39 is 15.1 Å². The molecule has 2 fully saturated rings. The van der Waals surface area contributed by atoms with E-state index in [9.17, 15) is 8.42 Å². The van der Waals surface area contributed by atoms with Gasteiger partial charge in [-0.2, -0.15) is 5.26 Å². The van der Waals surface area contributed by atoms with Gasteiger partial charge in [-0.15, -0.1) is 0 Å². The van der Waals surface area contributed by atoms with Gasteiger partial charge >= 0.3 is 0 Å². The molecule has 3 aliphatic heterocycles. The third kappa shape index (κ3) is 3.78. The lowest BCUT2D eigenvalue weighted by Crippen LogP contribution is -2.43. The molecule has 1 aromatic heterocycles. The summed E-state index contributed by atoms with van der Waals surface area (Å²) in [5.41, 5.74) is 2.53. The molecule has 1 unspecified atom stereocenters. The smallest absolute Gasteiger partial charge is 0.226 e. The van der Waals surface area contributed by atoms with Crippen LogP contribution in [0.4, 0.5) is 11.6 Å². The van der Waals surface area contributed by atoms with Crippen molar-refractivity contribution in [1.82, 2.24) is 14.9 Å². The third-order valence-electron chi connectivity index (χ3n) is 6.39. The summed E-state index contributed by atoms with van der Waals surface area (Å²) in [4.78, 5) is 15.0. The van der Waals surface area contributed by atoms with Crippen molar-refractivity contribution in [2.24, 2.45) is 0 Å². The minimum atomic E-state index is -3.62. The monoisotopic (exact) mass is 470 g/mol. The Bertz CT molecular complexity index is 1230. The zero-order valence-electron chi connectivity index (χ0n) is 17.5. The molecule has 1 atom stereocenters. The van der Waals surface area contributed by atoms with Gasteiger partial charge in [0, 0.05) is 50.3 Å². The van der Waals surface area contributed by atoms with Gasteiger partial charge in [-0.1, -0.05) is 17.7 Å². The van der Waals surface area contributed by atoms with Crippen molar-refractivity contribution >= 4 is 33.1 Å². The molecular weight excluding hydrogens is 448 g/mol. The topological polar surface area (TPSA) is 93.4 Å². The molecule has 2 saturated heterocycles. The number of hydrogen-bond acceptors (Lipinski definition) is 8. The number of sulfone groups is 1. The predicted octanol–water partition coefficient (Wildman–Crippen LogP) is 2.46. The van der Waals surface area contributed by atoms with E-state index in [0.29, 0.717) is 18.9 Å². The Hall–Kier alpha value is -2.83. The Kier molecular flexibility index (Phi) is 5.43. The van der Waals surface area contributed by atoms with Crippen LogP contribution in [0.2, 0.25) is 5.02 Å². The fraction of sp³-hybridized carbons (Fsp3) is 0.409. The maximum absolute atomic E-state index is 13.4. The number of halogens is 1. The summed E-state index contributed by atoms with van der Waals surface area (Å²) >= 11 is 6.51. The maximum Gasteiger partial charge on any atom is 0.226 e. The largest absolute Gasteiger partial charge is 0.372 e. The van der Waals surface area contributed by atoms with E-state index >= 15 is 0 Å². The highest BCUT2D eigenvalue weighted by atomic mass is 35.5. The van der Waals surface area contributed by atoms with Crippen molar-refractivity contribution in [3.63, 3.8) is 0 Å².